The smallest absolute Gasteiger partial charge is 0.303 e. The lowest BCUT2D eigenvalue weighted by molar-refractivity contribution is -0.137. The van der Waals surface area contributed by atoms with Gasteiger partial charge in [0.15, 0.2) is 0 Å². The molecule has 1 atom stereocenters. The molecule has 0 amide bonds. The van der Waals surface area contributed by atoms with Gasteiger partial charge in [-0.15, -0.1) is 0 Å². The minimum atomic E-state index is -0.842. The van der Waals surface area contributed by atoms with E-state index in [-0.39, 0.29) is 18.2 Å². The van der Waals surface area contributed by atoms with Crippen LogP contribution in [0.2, 0.25) is 0 Å². The summed E-state index contributed by atoms with van der Waals surface area (Å²) in [5, 5.41) is 18.4. The molecule has 0 bridgehead atoms. The Balaban J connectivity index is 3.02. The summed E-state index contributed by atoms with van der Waals surface area (Å²) in [4.78, 5) is 10.5. The van der Waals surface area contributed by atoms with Gasteiger partial charge < -0.3 is 15.9 Å². The molecule has 4 nitrogen and oxygen atoms in total. The highest BCUT2D eigenvalue weighted by atomic mass is 16.4. The number of aliphatic carboxylic acids is 1. The first-order chi connectivity index (χ1) is 7.84. The molecule has 0 aliphatic rings. The maximum Gasteiger partial charge on any atom is 0.303 e. The molecule has 4 N–H and O–H groups in total. The van der Waals surface area contributed by atoms with Crippen molar-refractivity contribution in [3.8, 4) is 5.75 Å². The summed E-state index contributed by atoms with van der Waals surface area (Å²) in [6.45, 7) is 5.55. The molecule has 0 saturated heterocycles. The standard InChI is InChI=1S/C13H19NO3/c1-7-6-10(8(2)9(3)13(7)17)11(14)4-5-12(15)16/h6,11,17H,4-5,14H2,1-3H3,(H,15,16). The fourth-order valence-electron chi connectivity index (χ4n) is 1.92. The first kappa shape index (κ1) is 13.5. The highest BCUT2D eigenvalue weighted by molar-refractivity contribution is 5.66. The lowest BCUT2D eigenvalue weighted by Crippen LogP contribution is -2.14. The van der Waals surface area contributed by atoms with Crippen molar-refractivity contribution < 1.29 is 15.0 Å². The number of carbonyl (C=O) groups is 1. The van der Waals surface area contributed by atoms with Crippen LogP contribution < -0.4 is 5.73 Å². The molecule has 0 saturated carbocycles. The topological polar surface area (TPSA) is 83.6 Å². The van der Waals surface area contributed by atoms with E-state index >= 15 is 0 Å². The van der Waals surface area contributed by atoms with E-state index in [9.17, 15) is 9.90 Å². The molecule has 17 heavy (non-hydrogen) atoms. The van der Waals surface area contributed by atoms with Crippen molar-refractivity contribution in [1.29, 1.82) is 0 Å². The number of nitrogens with two attached hydrogens (primary N) is 1. The second-order valence-corrected chi connectivity index (χ2v) is 4.42. The third-order valence-corrected chi connectivity index (χ3v) is 3.16. The van der Waals surface area contributed by atoms with Crippen molar-refractivity contribution in [2.45, 2.75) is 39.7 Å². The minimum Gasteiger partial charge on any atom is -0.507 e. The molecule has 1 rings (SSSR count). The Morgan fingerprint density at radius 3 is 2.47 bits per heavy atom. The summed E-state index contributed by atoms with van der Waals surface area (Å²) in [7, 11) is 0. The molecular weight excluding hydrogens is 218 g/mol. The second-order valence-electron chi connectivity index (χ2n) is 4.42. The maximum atomic E-state index is 10.5. The minimum absolute atomic E-state index is 0.0551. The summed E-state index contributed by atoms with van der Waals surface area (Å²) >= 11 is 0. The number of carboxylic acid groups (broad SMARTS) is 1. The predicted octanol–water partition coefficient (Wildman–Crippen LogP) is 2.18. The molecule has 4 heteroatoms. The Morgan fingerprint density at radius 1 is 1.35 bits per heavy atom. The van der Waals surface area contributed by atoms with Crippen LogP contribution in [0.1, 0.15) is 41.1 Å². The normalized spacial score (nSPS) is 12.5. The van der Waals surface area contributed by atoms with Crippen LogP contribution >= 0.6 is 0 Å². The molecule has 1 aromatic carbocycles. The van der Waals surface area contributed by atoms with Crippen LogP contribution in [0.4, 0.5) is 0 Å². The van der Waals surface area contributed by atoms with Crippen molar-refractivity contribution in [2.24, 2.45) is 5.73 Å². The van der Waals surface area contributed by atoms with E-state index in [1.807, 2.05) is 26.8 Å². The van der Waals surface area contributed by atoms with Crippen molar-refractivity contribution >= 4 is 5.97 Å². The van der Waals surface area contributed by atoms with Gasteiger partial charge in [-0.2, -0.15) is 0 Å². The number of hydrogen-bond acceptors (Lipinski definition) is 3. The number of aromatic hydroxyl groups is 1. The zero-order valence-electron chi connectivity index (χ0n) is 10.4. The van der Waals surface area contributed by atoms with E-state index in [4.69, 9.17) is 10.8 Å². The summed E-state index contributed by atoms with van der Waals surface area (Å²) in [6, 6.07) is 1.54. The van der Waals surface area contributed by atoms with Crippen LogP contribution in [0.25, 0.3) is 0 Å². The summed E-state index contributed by atoms with van der Waals surface area (Å²) in [6.07, 6.45) is 0.458. The molecule has 0 aliphatic heterocycles. The van der Waals surface area contributed by atoms with E-state index in [0.717, 1.165) is 22.3 Å². The first-order valence-corrected chi connectivity index (χ1v) is 5.61. The highest BCUT2D eigenvalue weighted by Gasteiger charge is 2.15. The Hall–Kier alpha value is -1.55. The molecule has 0 fully saturated rings. The van der Waals surface area contributed by atoms with Crippen LogP contribution in [0.3, 0.4) is 0 Å². The van der Waals surface area contributed by atoms with E-state index < -0.39 is 5.97 Å². The molecule has 0 aliphatic carbocycles. The highest BCUT2D eigenvalue weighted by Crippen LogP contribution is 2.31. The Morgan fingerprint density at radius 2 is 1.94 bits per heavy atom. The van der Waals surface area contributed by atoms with Gasteiger partial charge in [-0.3, -0.25) is 4.79 Å². The zero-order valence-corrected chi connectivity index (χ0v) is 10.4. The maximum absolute atomic E-state index is 10.5. The monoisotopic (exact) mass is 237 g/mol. The first-order valence-electron chi connectivity index (χ1n) is 5.61. The fraction of sp³-hybridized carbons (Fsp3) is 0.462. The van der Waals surface area contributed by atoms with Gasteiger partial charge in [-0.1, -0.05) is 6.07 Å². The SMILES string of the molecule is Cc1cc(C(N)CCC(=O)O)c(C)c(C)c1O. The Kier molecular flexibility index (Phi) is 4.12. The number of phenols is 1. The predicted molar refractivity (Wildman–Crippen MR) is 66.1 cm³/mol. The Bertz CT molecular complexity index is 441. The van der Waals surface area contributed by atoms with Crippen LogP contribution in [-0.2, 0) is 4.79 Å². The van der Waals surface area contributed by atoms with Gasteiger partial charge in [0, 0.05) is 12.5 Å². The molecule has 1 unspecified atom stereocenters. The summed E-state index contributed by atoms with van der Waals surface area (Å²) in [5.74, 6) is -0.554. The number of rotatable bonds is 4. The van der Waals surface area contributed by atoms with Gasteiger partial charge in [0.1, 0.15) is 5.75 Å². The van der Waals surface area contributed by atoms with Crippen molar-refractivity contribution in [3.05, 3.63) is 28.3 Å². The number of carboxylic acids is 1. The zero-order chi connectivity index (χ0) is 13.2. The van der Waals surface area contributed by atoms with Crippen LogP contribution in [0, 0.1) is 20.8 Å². The number of aryl methyl sites for hydroxylation is 1. The van der Waals surface area contributed by atoms with Gasteiger partial charge in [-0.05, 0) is 49.4 Å². The summed E-state index contributed by atoms with van der Waals surface area (Å²) < 4.78 is 0. The quantitative estimate of drug-likeness (QED) is 0.749. The molecular formula is C13H19NO3. The van der Waals surface area contributed by atoms with Crippen molar-refractivity contribution in [2.75, 3.05) is 0 Å². The summed E-state index contributed by atoms with van der Waals surface area (Å²) in [5.41, 5.74) is 9.42. The van der Waals surface area contributed by atoms with Gasteiger partial charge in [-0.25, -0.2) is 0 Å². The molecule has 0 radical (unpaired) electrons. The lowest BCUT2D eigenvalue weighted by atomic mass is 9.92. The van der Waals surface area contributed by atoms with E-state index in [1.54, 1.807) is 0 Å². The van der Waals surface area contributed by atoms with E-state index in [0.29, 0.717) is 6.42 Å². The van der Waals surface area contributed by atoms with Crippen molar-refractivity contribution in [3.63, 3.8) is 0 Å². The third kappa shape index (κ3) is 2.97. The number of phenolic OH excluding ortho intramolecular Hbond substituents is 1. The molecule has 94 valence electrons. The molecule has 1 aromatic rings. The van der Waals surface area contributed by atoms with Gasteiger partial charge in [0.2, 0.25) is 0 Å². The third-order valence-electron chi connectivity index (χ3n) is 3.16. The van der Waals surface area contributed by atoms with Crippen molar-refractivity contribution in [1.82, 2.24) is 0 Å². The van der Waals surface area contributed by atoms with Gasteiger partial charge in [0.05, 0.1) is 0 Å². The van der Waals surface area contributed by atoms with Gasteiger partial charge in [0.25, 0.3) is 0 Å². The van der Waals surface area contributed by atoms with E-state index in [2.05, 4.69) is 0 Å². The number of hydrogen-bond donors (Lipinski definition) is 3. The molecule has 0 aromatic heterocycles. The second kappa shape index (κ2) is 5.19. The molecule has 0 heterocycles. The van der Waals surface area contributed by atoms with Gasteiger partial charge >= 0.3 is 5.97 Å². The van der Waals surface area contributed by atoms with Crippen LogP contribution in [-0.4, -0.2) is 16.2 Å². The number of benzene rings is 1. The largest absolute Gasteiger partial charge is 0.507 e. The molecule has 0 spiro atoms. The van der Waals surface area contributed by atoms with Crippen LogP contribution in [0.5, 0.6) is 5.75 Å². The average molecular weight is 237 g/mol. The van der Waals surface area contributed by atoms with E-state index in [1.165, 1.54) is 0 Å². The fourth-order valence-corrected chi connectivity index (χ4v) is 1.92. The lowest BCUT2D eigenvalue weighted by Gasteiger charge is -2.18. The Labute approximate surface area is 101 Å². The average Bonchev–Trinajstić information content (AvgIpc) is 2.28. The van der Waals surface area contributed by atoms with Crippen LogP contribution in [0.15, 0.2) is 6.07 Å².